The number of rotatable bonds is 4. The van der Waals surface area contributed by atoms with Crippen LogP contribution in [0.1, 0.15) is 36.7 Å². The fourth-order valence-corrected chi connectivity index (χ4v) is 4.34. The van der Waals surface area contributed by atoms with Crippen molar-refractivity contribution in [2.24, 2.45) is 5.92 Å². The zero-order chi connectivity index (χ0) is 16.4. The molecule has 0 aliphatic carbocycles. The molecule has 2 aromatic heterocycles. The van der Waals surface area contributed by atoms with Crippen molar-refractivity contribution >= 4 is 17.2 Å². The molecule has 0 radical (unpaired) electrons. The van der Waals surface area contributed by atoms with Crippen molar-refractivity contribution in [3.63, 3.8) is 0 Å². The molecule has 2 aliphatic heterocycles. The molecular formula is C17H23N5OS. The third-order valence-corrected chi connectivity index (χ3v) is 5.78. The molecule has 0 bridgehead atoms. The van der Waals surface area contributed by atoms with Crippen molar-refractivity contribution in [3.8, 4) is 0 Å². The smallest absolute Gasteiger partial charge is 0.227 e. The van der Waals surface area contributed by atoms with Gasteiger partial charge in [0.15, 0.2) is 0 Å². The van der Waals surface area contributed by atoms with Crippen LogP contribution in [-0.2, 0) is 11.3 Å². The Morgan fingerprint density at radius 1 is 1.29 bits per heavy atom. The van der Waals surface area contributed by atoms with Crippen molar-refractivity contribution in [1.29, 1.82) is 0 Å². The average Bonchev–Trinajstić information content (AvgIpc) is 3.37. The zero-order valence-electron chi connectivity index (χ0n) is 13.7. The molecule has 4 heterocycles. The molecule has 0 aromatic carbocycles. The van der Waals surface area contributed by atoms with Gasteiger partial charge in [0.2, 0.25) is 5.91 Å². The molecule has 2 aromatic rings. The Bertz CT molecular complexity index is 669. The van der Waals surface area contributed by atoms with Crippen molar-refractivity contribution < 1.29 is 4.79 Å². The predicted octanol–water partition coefficient (Wildman–Crippen LogP) is 1.70. The van der Waals surface area contributed by atoms with Crippen molar-refractivity contribution in [2.45, 2.75) is 31.7 Å². The first-order valence-electron chi connectivity index (χ1n) is 8.69. The highest BCUT2D eigenvalue weighted by Crippen LogP contribution is 2.28. The summed E-state index contributed by atoms with van der Waals surface area (Å²) in [4.78, 5) is 23.5. The quantitative estimate of drug-likeness (QED) is 0.916. The zero-order valence-corrected chi connectivity index (χ0v) is 14.5. The van der Waals surface area contributed by atoms with Gasteiger partial charge < -0.3 is 14.8 Å². The molecule has 128 valence electrons. The fourth-order valence-electron chi connectivity index (χ4n) is 3.79. The highest BCUT2D eigenvalue weighted by atomic mass is 32.1. The van der Waals surface area contributed by atoms with Crippen LogP contribution in [0.15, 0.2) is 23.3 Å². The number of carbonyl (C=O) groups is 1. The molecule has 0 spiro atoms. The van der Waals surface area contributed by atoms with Gasteiger partial charge in [0, 0.05) is 43.3 Å². The molecule has 1 atom stereocenters. The first-order valence-corrected chi connectivity index (χ1v) is 9.63. The maximum Gasteiger partial charge on any atom is 0.227 e. The van der Waals surface area contributed by atoms with Crippen molar-refractivity contribution in [2.75, 3.05) is 26.2 Å². The van der Waals surface area contributed by atoms with Crippen LogP contribution in [0, 0.1) is 5.92 Å². The number of hydrogen-bond acceptors (Lipinski definition) is 5. The van der Waals surface area contributed by atoms with E-state index < -0.39 is 0 Å². The molecule has 24 heavy (non-hydrogen) atoms. The number of amides is 1. The van der Waals surface area contributed by atoms with Crippen molar-refractivity contribution in [3.05, 3.63) is 34.8 Å². The average molecular weight is 345 g/mol. The van der Waals surface area contributed by atoms with E-state index in [1.54, 1.807) is 11.3 Å². The number of imidazole rings is 1. The van der Waals surface area contributed by atoms with Crippen LogP contribution in [0.3, 0.4) is 0 Å². The van der Waals surface area contributed by atoms with Gasteiger partial charge in [-0.3, -0.25) is 4.79 Å². The van der Waals surface area contributed by atoms with Gasteiger partial charge in [0.05, 0.1) is 23.7 Å². The van der Waals surface area contributed by atoms with E-state index in [2.05, 4.69) is 30.1 Å². The Morgan fingerprint density at radius 3 is 2.88 bits per heavy atom. The third-order valence-electron chi connectivity index (χ3n) is 5.14. The van der Waals surface area contributed by atoms with Gasteiger partial charge in [0.25, 0.3) is 0 Å². The number of carbonyl (C=O) groups excluding carboxylic acids is 1. The van der Waals surface area contributed by atoms with Crippen LogP contribution in [0.4, 0.5) is 0 Å². The molecule has 4 rings (SSSR count). The largest absolute Gasteiger partial charge is 0.342 e. The van der Waals surface area contributed by atoms with E-state index in [-0.39, 0.29) is 5.92 Å². The van der Waals surface area contributed by atoms with Crippen LogP contribution in [0.25, 0.3) is 0 Å². The Kier molecular flexibility index (Phi) is 4.62. The second kappa shape index (κ2) is 7.03. The van der Waals surface area contributed by atoms with Gasteiger partial charge in [-0.1, -0.05) is 0 Å². The fraction of sp³-hybridized carbons (Fsp3) is 0.588. The second-order valence-electron chi connectivity index (χ2n) is 6.68. The lowest BCUT2D eigenvalue weighted by Gasteiger charge is -2.33. The van der Waals surface area contributed by atoms with Crippen LogP contribution in [0.2, 0.25) is 0 Å². The Morgan fingerprint density at radius 2 is 2.17 bits per heavy atom. The number of hydrogen-bond donors (Lipinski definition) is 1. The summed E-state index contributed by atoms with van der Waals surface area (Å²) in [6.45, 7) is 4.30. The Labute approximate surface area is 145 Å². The number of thiazole rings is 1. The Balaban J connectivity index is 1.37. The van der Waals surface area contributed by atoms with Gasteiger partial charge >= 0.3 is 0 Å². The molecule has 2 aliphatic rings. The summed E-state index contributed by atoms with van der Waals surface area (Å²) in [6, 6.07) is 0. The van der Waals surface area contributed by atoms with E-state index in [0.29, 0.717) is 11.8 Å². The maximum atomic E-state index is 12.5. The van der Waals surface area contributed by atoms with Gasteiger partial charge in [0.1, 0.15) is 5.82 Å². The van der Waals surface area contributed by atoms with Gasteiger partial charge in [-0.25, -0.2) is 9.97 Å². The standard InChI is InChI=1S/C17H23N5OS/c23-17(14-1-4-18-9-14)21-6-2-13(3-7-21)16-19-5-8-22(16)10-15-11-24-12-20-15/h5,8,11-14,18H,1-4,6-7,9-10H2. The minimum atomic E-state index is 0.188. The number of nitrogens with zero attached hydrogens (tertiary/aromatic N) is 4. The van der Waals surface area contributed by atoms with Crippen LogP contribution < -0.4 is 5.32 Å². The summed E-state index contributed by atoms with van der Waals surface area (Å²) < 4.78 is 2.21. The van der Waals surface area contributed by atoms with Crippen LogP contribution >= 0.6 is 11.3 Å². The van der Waals surface area contributed by atoms with Gasteiger partial charge in [-0.15, -0.1) is 11.3 Å². The summed E-state index contributed by atoms with van der Waals surface area (Å²) >= 11 is 1.62. The van der Waals surface area contributed by atoms with E-state index >= 15 is 0 Å². The van der Waals surface area contributed by atoms with Gasteiger partial charge in [-0.2, -0.15) is 0 Å². The van der Waals surface area contributed by atoms with E-state index in [9.17, 15) is 4.79 Å². The summed E-state index contributed by atoms with van der Waals surface area (Å²) in [5, 5.41) is 5.37. The van der Waals surface area contributed by atoms with Crippen molar-refractivity contribution in [1.82, 2.24) is 24.8 Å². The lowest BCUT2D eigenvalue weighted by molar-refractivity contribution is -0.136. The molecule has 6 nitrogen and oxygen atoms in total. The predicted molar refractivity (Wildman–Crippen MR) is 93.0 cm³/mol. The first kappa shape index (κ1) is 15.8. The molecule has 0 saturated carbocycles. The number of nitrogens with one attached hydrogen (secondary N) is 1. The van der Waals surface area contributed by atoms with E-state index in [1.807, 2.05) is 17.9 Å². The molecule has 2 saturated heterocycles. The summed E-state index contributed by atoms with van der Waals surface area (Å²) in [5.41, 5.74) is 2.95. The first-order chi connectivity index (χ1) is 11.8. The third kappa shape index (κ3) is 3.23. The minimum Gasteiger partial charge on any atom is -0.342 e. The maximum absolute atomic E-state index is 12.5. The minimum absolute atomic E-state index is 0.188. The van der Waals surface area contributed by atoms with Gasteiger partial charge in [-0.05, 0) is 25.8 Å². The summed E-state index contributed by atoms with van der Waals surface area (Å²) in [5.74, 6) is 2.10. The lowest BCUT2D eigenvalue weighted by atomic mass is 9.94. The number of piperidine rings is 1. The summed E-state index contributed by atoms with van der Waals surface area (Å²) in [7, 11) is 0. The van der Waals surface area contributed by atoms with Crippen LogP contribution in [-0.4, -0.2) is 51.5 Å². The number of likely N-dealkylation sites (tertiary alicyclic amines) is 1. The molecule has 2 fully saturated rings. The molecular weight excluding hydrogens is 322 g/mol. The van der Waals surface area contributed by atoms with E-state index in [1.165, 1.54) is 0 Å². The highest BCUT2D eigenvalue weighted by Gasteiger charge is 2.31. The number of aromatic nitrogens is 3. The van der Waals surface area contributed by atoms with E-state index in [4.69, 9.17) is 0 Å². The molecule has 1 amide bonds. The highest BCUT2D eigenvalue weighted by molar-refractivity contribution is 7.07. The second-order valence-corrected chi connectivity index (χ2v) is 7.40. The lowest BCUT2D eigenvalue weighted by Crippen LogP contribution is -2.42. The Hall–Kier alpha value is -1.73. The summed E-state index contributed by atoms with van der Waals surface area (Å²) in [6.07, 6.45) is 6.90. The topological polar surface area (TPSA) is 63.1 Å². The SMILES string of the molecule is O=C(C1CCNC1)N1CCC(c2nccn2Cc2cscn2)CC1. The van der Waals surface area contributed by atoms with E-state index in [0.717, 1.165) is 63.5 Å². The molecule has 7 heteroatoms. The normalized spacial score (nSPS) is 22.2. The monoisotopic (exact) mass is 345 g/mol. The molecule has 1 N–H and O–H groups in total. The molecule has 1 unspecified atom stereocenters. The van der Waals surface area contributed by atoms with Crippen LogP contribution in [0.5, 0.6) is 0 Å².